The molecule has 2 heterocycles. The molecule has 2 aliphatic rings. The van der Waals surface area contributed by atoms with E-state index in [-0.39, 0.29) is 5.92 Å². The van der Waals surface area contributed by atoms with Gasteiger partial charge in [-0.05, 0) is 25.1 Å². The molecule has 1 unspecified atom stereocenters. The number of alkyl halides is 6. The van der Waals surface area contributed by atoms with Crippen molar-refractivity contribution in [2.45, 2.75) is 18.8 Å². The predicted molar refractivity (Wildman–Crippen MR) is 119 cm³/mol. The zero-order valence-corrected chi connectivity index (χ0v) is 20.0. The summed E-state index contributed by atoms with van der Waals surface area (Å²) < 4.78 is 68.6. The van der Waals surface area contributed by atoms with E-state index < -0.39 is 24.3 Å². The van der Waals surface area contributed by atoms with Crippen LogP contribution in [0.2, 0.25) is 0 Å². The van der Waals surface area contributed by atoms with Gasteiger partial charge < -0.3 is 29.6 Å². The standard InChI is InChI=1S/C18H27N3O2.2C2HF3O2/c1-23-14-13-19-8-7-16(15-19)18(22)21-11-9-20(10-12-21)17-5-3-2-4-6-17;2*3-2(4,5)1(6)7/h2-6,16H,7-15H2,1H3;2*(H,6,7). The van der Waals surface area contributed by atoms with E-state index in [0.717, 1.165) is 58.8 Å². The largest absolute Gasteiger partial charge is 0.490 e. The maximum Gasteiger partial charge on any atom is 0.490 e. The van der Waals surface area contributed by atoms with Gasteiger partial charge in [-0.15, -0.1) is 0 Å². The third kappa shape index (κ3) is 11.7. The minimum absolute atomic E-state index is 0.176. The number of benzene rings is 1. The lowest BCUT2D eigenvalue weighted by atomic mass is 10.1. The van der Waals surface area contributed by atoms with Gasteiger partial charge >= 0.3 is 24.3 Å². The monoisotopic (exact) mass is 545 g/mol. The number of para-hydroxylation sites is 1. The first-order valence-electron chi connectivity index (χ1n) is 11.1. The highest BCUT2D eigenvalue weighted by molar-refractivity contribution is 5.79. The van der Waals surface area contributed by atoms with Crippen LogP contribution in [-0.2, 0) is 19.1 Å². The van der Waals surface area contributed by atoms with Crippen molar-refractivity contribution in [3.05, 3.63) is 30.3 Å². The number of methoxy groups -OCH3 is 1. The van der Waals surface area contributed by atoms with Gasteiger partial charge in [0.1, 0.15) is 0 Å². The molecule has 15 heteroatoms. The molecule has 37 heavy (non-hydrogen) atoms. The molecule has 2 N–H and O–H groups in total. The Morgan fingerprint density at radius 1 is 0.892 bits per heavy atom. The Morgan fingerprint density at radius 3 is 1.81 bits per heavy atom. The van der Waals surface area contributed by atoms with Crippen molar-refractivity contribution < 1.29 is 55.7 Å². The van der Waals surface area contributed by atoms with E-state index >= 15 is 0 Å². The Morgan fingerprint density at radius 2 is 1.38 bits per heavy atom. The van der Waals surface area contributed by atoms with Crippen LogP contribution in [0.5, 0.6) is 0 Å². The van der Waals surface area contributed by atoms with Crippen LogP contribution in [0.3, 0.4) is 0 Å². The topological polar surface area (TPSA) is 111 Å². The van der Waals surface area contributed by atoms with Crippen LogP contribution < -0.4 is 4.90 Å². The van der Waals surface area contributed by atoms with E-state index in [2.05, 4.69) is 39.0 Å². The maximum atomic E-state index is 12.7. The molecule has 2 aliphatic heterocycles. The zero-order valence-electron chi connectivity index (χ0n) is 20.0. The zero-order chi connectivity index (χ0) is 28.2. The predicted octanol–water partition coefficient (Wildman–Crippen LogP) is 2.57. The van der Waals surface area contributed by atoms with Crippen LogP contribution in [0.15, 0.2) is 30.3 Å². The van der Waals surface area contributed by atoms with Gasteiger partial charge in [-0.1, -0.05) is 18.2 Å². The number of hydrogen-bond donors (Lipinski definition) is 2. The Bertz CT molecular complexity index is 837. The van der Waals surface area contributed by atoms with Gasteiger partial charge in [0.15, 0.2) is 0 Å². The lowest BCUT2D eigenvalue weighted by molar-refractivity contribution is -0.193. The van der Waals surface area contributed by atoms with Crippen LogP contribution >= 0.6 is 0 Å². The van der Waals surface area contributed by atoms with Crippen molar-refractivity contribution in [3.63, 3.8) is 0 Å². The molecule has 1 amide bonds. The number of anilines is 1. The number of ether oxygens (including phenoxy) is 1. The van der Waals surface area contributed by atoms with Crippen LogP contribution in [0.4, 0.5) is 32.0 Å². The number of rotatable bonds is 5. The van der Waals surface area contributed by atoms with Crippen molar-refractivity contribution in [2.24, 2.45) is 5.92 Å². The van der Waals surface area contributed by atoms with E-state index in [1.54, 1.807) is 7.11 Å². The van der Waals surface area contributed by atoms with Gasteiger partial charge in [0.25, 0.3) is 0 Å². The number of piperazine rings is 1. The Hall–Kier alpha value is -3.07. The number of carboxylic acids is 2. The lowest BCUT2D eigenvalue weighted by Gasteiger charge is -2.37. The number of amides is 1. The molecule has 2 saturated heterocycles. The molecule has 1 aromatic carbocycles. The van der Waals surface area contributed by atoms with Gasteiger partial charge in [0, 0.05) is 52.1 Å². The fourth-order valence-corrected chi connectivity index (χ4v) is 3.54. The highest BCUT2D eigenvalue weighted by Crippen LogP contribution is 2.21. The second kappa shape index (κ2) is 14.6. The molecule has 0 spiro atoms. The summed E-state index contributed by atoms with van der Waals surface area (Å²) in [5, 5.41) is 14.2. The molecular formula is C22H29F6N3O6. The average molecular weight is 545 g/mol. The summed E-state index contributed by atoms with van der Waals surface area (Å²) in [4.78, 5) is 37.3. The summed E-state index contributed by atoms with van der Waals surface area (Å²) in [5.74, 6) is -4.99. The number of carboxylic acid groups (broad SMARTS) is 2. The summed E-state index contributed by atoms with van der Waals surface area (Å²) in [5.41, 5.74) is 1.26. The molecule has 2 fully saturated rings. The highest BCUT2D eigenvalue weighted by atomic mass is 19.4. The van der Waals surface area contributed by atoms with Gasteiger partial charge in [0.05, 0.1) is 12.5 Å². The molecule has 0 bridgehead atoms. The minimum Gasteiger partial charge on any atom is -0.475 e. The number of aliphatic carboxylic acids is 2. The summed E-state index contributed by atoms with van der Waals surface area (Å²) in [6.07, 6.45) is -9.18. The molecule has 0 aromatic heterocycles. The number of halogens is 6. The van der Waals surface area contributed by atoms with Crippen molar-refractivity contribution in [2.75, 3.05) is 64.4 Å². The van der Waals surface area contributed by atoms with Gasteiger partial charge in [-0.2, -0.15) is 26.3 Å². The normalized spacial score (nSPS) is 18.3. The Kier molecular flexibility index (Phi) is 12.6. The molecule has 0 aliphatic carbocycles. The summed E-state index contributed by atoms with van der Waals surface area (Å²) in [6.45, 7) is 7.11. The van der Waals surface area contributed by atoms with E-state index in [9.17, 15) is 31.1 Å². The maximum absolute atomic E-state index is 12.7. The number of carbonyl (C=O) groups excluding carboxylic acids is 1. The first-order valence-corrected chi connectivity index (χ1v) is 11.1. The molecule has 1 aromatic rings. The molecule has 1 atom stereocenters. The molecule has 210 valence electrons. The van der Waals surface area contributed by atoms with Crippen LogP contribution in [0.1, 0.15) is 6.42 Å². The number of hydrogen-bond acceptors (Lipinski definition) is 6. The number of nitrogens with zero attached hydrogens (tertiary/aromatic N) is 3. The van der Waals surface area contributed by atoms with Crippen LogP contribution in [0.25, 0.3) is 0 Å². The highest BCUT2D eigenvalue weighted by Gasteiger charge is 2.39. The molecular weight excluding hydrogens is 516 g/mol. The van der Waals surface area contributed by atoms with Crippen molar-refractivity contribution >= 4 is 23.5 Å². The number of likely N-dealkylation sites (tertiary alicyclic amines) is 1. The van der Waals surface area contributed by atoms with Crippen molar-refractivity contribution in [3.8, 4) is 0 Å². The summed E-state index contributed by atoms with van der Waals surface area (Å²) in [7, 11) is 1.73. The smallest absolute Gasteiger partial charge is 0.475 e. The quantitative estimate of drug-likeness (QED) is 0.544. The lowest BCUT2D eigenvalue weighted by Crippen LogP contribution is -2.50. The van der Waals surface area contributed by atoms with E-state index in [0.29, 0.717) is 5.91 Å². The van der Waals surface area contributed by atoms with Gasteiger partial charge in [-0.3, -0.25) is 4.79 Å². The van der Waals surface area contributed by atoms with Gasteiger partial charge in [-0.25, -0.2) is 9.59 Å². The van der Waals surface area contributed by atoms with Crippen molar-refractivity contribution in [1.82, 2.24) is 9.80 Å². The summed E-state index contributed by atoms with van der Waals surface area (Å²) >= 11 is 0. The minimum atomic E-state index is -5.08. The number of carbonyl (C=O) groups is 3. The van der Waals surface area contributed by atoms with Gasteiger partial charge in [0.2, 0.25) is 5.91 Å². The molecule has 3 rings (SSSR count). The molecule has 0 radical (unpaired) electrons. The second-order valence-corrected chi connectivity index (χ2v) is 8.03. The van der Waals surface area contributed by atoms with E-state index in [1.807, 2.05) is 6.07 Å². The molecule has 0 saturated carbocycles. The van der Waals surface area contributed by atoms with E-state index in [4.69, 9.17) is 24.5 Å². The third-order valence-corrected chi connectivity index (χ3v) is 5.43. The fourth-order valence-electron chi connectivity index (χ4n) is 3.54. The van der Waals surface area contributed by atoms with Crippen molar-refractivity contribution in [1.29, 1.82) is 0 Å². The van der Waals surface area contributed by atoms with Crippen LogP contribution in [0, 0.1) is 5.92 Å². The first-order chi connectivity index (χ1) is 17.2. The summed E-state index contributed by atoms with van der Waals surface area (Å²) in [6, 6.07) is 10.5. The van der Waals surface area contributed by atoms with Crippen LogP contribution in [-0.4, -0.2) is 110 Å². The molecule has 9 nitrogen and oxygen atoms in total. The SMILES string of the molecule is COCCN1CCC(C(=O)N2CCN(c3ccccc3)CC2)C1.O=C(O)C(F)(F)F.O=C(O)C(F)(F)F. The Balaban J connectivity index is 0.000000404. The van der Waals surface area contributed by atoms with E-state index in [1.165, 1.54) is 5.69 Å². The Labute approximate surface area is 209 Å². The first kappa shape index (κ1) is 32.0. The second-order valence-electron chi connectivity index (χ2n) is 8.03. The fraction of sp³-hybridized carbons (Fsp3) is 0.591. The average Bonchev–Trinajstić information content (AvgIpc) is 3.31. The third-order valence-electron chi connectivity index (χ3n) is 5.43.